The first-order valence-electron chi connectivity index (χ1n) is 3.82. The minimum absolute atomic E-state index is 0.610. The predicted octanol–water partition coefficient (Wildman–Crippen LogP) is 1.84. The fraction of sp³-hybridized carbons (Fsp3) is 0.333. The predicted molar refractivity (Wildman–Crippen MR) is 47.5 cm³/mol. The zero-order valence-corrected chi connectivity index (χ0v) is 7.71. The number of benzene rings is 1. The van der Waals surface area contributed by atoms with Crippen LogP contribution in [0.1, 0.15) is 12.5 Å². The lowest BCUT2D eigenvalue weighted by molar-refractivity contribution is 0.360. The van der Waals surface area contributed by atoms with Crippen molar-refractivity contribution in [3.63, 3.8) is 0 Å². The average molecular weight is 164 g/mol. The molecular formula is C9H12OSi. The van der Waals surface area contributed by atoms with E-state index in [0.29, 0.717) is 9.76 Å². The first-order chi connectivity index (χ1) is 5.43. The third-order valence-corrected chi connectivity index (χ3v) is 2.41. The lowest BCUT2D eigenvalue weighted by Crippen LogP contribution is -2.01. The molecule has 0 heterocycles. The van der Waals surface area contributed by atoms with E-state index in [4.69, 9.17) is 4.43 Å². The molecule has 58 valence electrons. The van der Waals surface area contributed by atoms with Gasteiger partial charge < -0.3 is 4.43 Å². The van der Waals surface area contributed by atoms with Gasteiger partial charge in [0.2, 0.25) is 9.76 Å². The highest BCUT2D eigenvalue weighted by Gasteiger charge is 1.91. The van der Waals surface area contributed by atoms with E-state index >= 15 is 0 Å². The van der Waals surface area contributed by atoms with Crippen LogP contribution in [0.5, 0.6) is 0 Å². The van der Waals surface area contributed by atoms with Gasteiger partial charge in [0.1, 0.15) is 0 Å². The smallest absolute Gasteiger partial charge is 0.234 e. The Morgan fingerprint density at radius 2 is 2.00 bits per heavy atom. The van der Waals surface area contributed by atoms with Gasteiger partial charge in [-0.1, -0.05) is 30.3 Å². The first-order valence-corrected chi connectivity index (χ1v) is 4.93. The van der Waals surface area contributed by atoms with Gasteiger partial charge in [-0.2, -0.15) is 0 Å². The zero-order valence-electron chi connectivity index (χ0n) is 6.71. The van der Waals surface area contributed by atoms with Gasteiger partial charge in [0.05, 0.1) is 0 Å². The second kappa shape index (κ2) is 5.10. The topological polar surface area (TPSA) is 9.23 Å². The number of hydrogen-bond donors (Lipinski definition) is 0. The molecule has 0 aromatic heterocycles. The molecule has 0 saturated heterocycles. The van der Waals surface area contributed by atoms with Gasteiger partial charge in [-0.25, -0.2) is 0 Å². The van der Waals surface area contributed by atoms with Crippen molar-refractivity contribution in [3.05, 3.63) is 35.9 Å². The van der Waals surface area contributed by atoms with Crippen LogP contribution < -0.4 is 0 Å². The van der Waals surface area contributed by atoms with Crippen molar-refractivity contribution in [3.8, 4) is 0 Å². The molecule has 2 radical (unpaired) electrons. The SMILES string of the molecule is CCO[Si]Cc1ccccc1. The molecule has 0 spiro atoms. The molecule has 1 rings (SSSR count). The largest absolute Gasteiger partial charge is 0.417 e. The molecule has 1 aromatic carbocycles. The van der Waals surface area contributed by atoms with E-state index in [-0.39, 0.29) is 0 Å². The van der Waals surface area contributed by atoms with Gasteiger partial charge in [-0.15, -0.1) is 0 Å². The molecule has 0 fully saturated rings. The summed E-state index contributed by atoms with van der Waals surface area (Å²) in [7, 11) is 0.610. The molecule has 0 atom stereocenters. The van der Waals surface area contributed by atoms with Crippen molar-refractivity contribution in [2.75, 3.05) is 6.61 Å². The van der Waals surface area contributed by atoms with Crippen molar-refractivity contribution in [1.82, 2.24) is 0 Å². The summed E-state index contributed by atoms with van der Waals surface area (Å²) in [5.74, 6) is 0. The molecule has 0 aliphatic carbocycles. The third-order valence-electron chi connectivity index (χ3n) is 1.37. The summed E-state index contributed by atoms with van der Waals surface area (Å²) >= 11 is 0. The highest BCUT2D eigenvalue weighted by Crippen LogP contribution is 1.97. The Labute approximate surface area is 70.3 Å². The van der Waals surface area contributed by atoms with Gasteiger partial charge >= 0.3 is 0 Å². The summed E-state index contributed by atoms with van der Waals surface area (Å²) in [6.07, 6.45) is 0. The summed E-state index contributed by atoms with van der Waals surface area (Å²) in [4.78, 5) is 0. The summed E-state index contributed by atoms with van der Waals surface area (Å²) in [6.45, 7) is 2.85. The van der Waals surface area contributed by atoms with E-state index in [9.17, 15) is 0 Å². The quantitative estimate of drug-likeness (QED) is 0.487. The van der Waals surface area contributed by atoms with Gasteiger partial charge in [-0.05, 0) is 18.5 Å². The lowest BCUT2D eigenvalue weighted by atomic mass is 10.2. The van der Waals surface area contributed by atoms with E-state index in [1.807, 2.05) is 13.0 Å². The van der Waals surface area contributed by atoms with Crippen LogP contribution in [0.3, 0.4) is 0 Å². The summed E-state index contributed by atoms with van der Waals surface area (Å²) < 4.78 is 5.27. The van der Waals surface area contributed by atoms with Crippen molar-refractivity contribution < 1.29 is 4.43 Å². The Balaban J connectivity index is 2.28. The standard InChI is InChI=1S/C9H12OSi/c1-2-10-11-8-9-6-4-3-5-7-9/h3-7H,2,8H2,1H3. The average Bonchev–Trinajstić information content (AvgIpc) is 2.07. The van der Waals surface area contributed by atoms with E-state index in [1.165, 1.54) is 5.56 Å². The maximum absolute atomic E-state index is 5.27. The Bertz CT molecular complexity index is 186. The zero-order chi connectivity index (χ0) is 7.94. The second-order valence-electron chi connectivity index (χ2n) is 2.24. The molecule has 0 saturated carbocycles. The van der Waals surface area contributed by atoms with E-state index in [2.05, 4.69) is 24.3 Å². The normalized spacial score (nSPS) is 9.91. The Kier molecular flexibility index (Phi) is 3.94. The molecule has 0 unspecified atom stereocenters. The van der Waals surface area contributed by atoms with Crippen LogP contribution in [0.2, 0.25) is 0 Å². The van der Waals surface area contributed by atoms with Gasteiger partial charge in [0, 0.05) is 6.61 Å². The van der Waals surface area contributed by atoms with Gasteiger partial charge in [-0.3, -0.25) is 0 Å². The van der Waals surface area contributed by atoms with Crippen LogP contribution in [0.15, 0.2) is 30.3 Å². The fourth-order valence-corrected chi connectivity index (χ4v) is 1.54. The van der Waals surface area contributed by atoms with Crippen molar-refractivity contribution in [2.45, 2.75) is 13.0 Å². The molecule has 0 aliphatic rings. The highest BCUT2D eigenvalue weighted by atomic mass is 28.2. The number of rotatable bonds is 4. The molecule has 1 aromatic rings. The van der Waals surface area contributed by atoms with Crippen LogP contribution in [0.25, 0.3) is 0 Å². The number of hydrogen-bond acceptors (Lipinski definition) is 1. The van der Waals surface area contributed by atoms with Crippen molar-refractivity contribution in [1.29, 1.82) is 0 Å². The minimum Gasteiger partial charge on any atom is -0.417 e. The molecule has 0 N–H and O–H groups in total. The van der Waals surface area contributed by atoms with Crippen LogP contribution in [-0.2, 0) is 10.5 Å². The monoisotopic (exact) mass is 164 g/mol. The molecule has 11 heavy (non-hydrogen) atoms. The first kappa shape index (κ1) is 8.49. The molecule has 1 nitrogen and oxygen atoms in total. The van der Waals surface area contributed by atoms with E-state index in [1.54, 1.807) is 0 Å². The van der Waals surface area contributed by atoms with E-state index in [0.717, 1.165) is 12.7 Å². The van der Waals surface area contributed by atoms with Crippen LogP contribution in [0, 0.1) is 0 Å². The molecule has 0 aliphatic heterocycles. The third kappa shape index (κ3) is 3.35. The van der Waals surface area contributed by atoms with Crippen LogP contribution in [-0.4, -0.2) is 16.4 Å². The highest BCUT2D eigenvalue weighted by molar-refractivity contribution is 6.26. The molecule has 0 bridgehead atoms. The lowest BCUT2D eigenvalue weighted by Gasteiger charge is -1.98. The van der Waals surface area contributed by atoms with Crippen molar-refractivity contribution >= 4 is 9.76 Å². The van der Waals surface area contributed by atoms with E-state index < -0.39 is 0 Å². The fourth-order valence-electron chi connectivity index (χ4n) is 0.832. The second-order valence-corrected chi connectivity index (χ2v) is 3.17. The summed E-state index contributed by atoms with van der Waals surface area (Å²) in [5, 5.41) is 0. The molecular weight excluding hydrogens is 152 g/mol. The molecule has 2 heteroatoms. The Hall–Kier alpha value is -0.603. The van der Waals surface area contributed by atoms with Crippen molar-refractivity contribution in [2.24, 2.45) is 0 Å². The maximum Gasteiger partial charge on any atom is 0.234 e. The minimum atomic E-state index is 0.610. The summed E-state index contributed by atoms with van der Waals surface area (Å²) in [5.41, 5.74) is 1.36. The summed E-state index contributed by atoms with van der Waals surface area (Å²) in [6, 6.07) is 11.5. The Morgan fingerprint density at radius 3 is 2.64 bits per heavy atom. The van der Waals surface area contributed by atoms with Gasteiger partial charge in [0.15, 0.2) is 0 Å². The molecule has 0 amide bonds. The van der Waals surface area contributed by atoms with Crippen LogP contribution >= 0.6 is 0 Å². The van der Waals surface area contributed by atoms with Gasteiger partial charge in [0.25, 0.3) is 0 Å². The Morgan fingerprint density at radius 1 is 1.27 bits per heavy atom. The van der Waals surface area contributed by atoms with Crippen LogP contribution in [0.4, 0.5) is 0 Å². The maximum atomic E-state index is 5.27.